The van der Waals surface area contributed by atoms with Crippen LogP contribution in [0.4, 0.5) is 10.1 Å². The first kappa shape index (κ1) is 12.3. The Morgan fingerprint density at radius 1 is 1.25 bits per heavy atom. The van der Waals surface area contributed by atoms with Gasteiger partial charge in [-0.15, -0.1) is 0 Å². The standard InChI is InChI=1S/C15H10FNO3/c16-11-4-5-12-14(7-11)20-8-13(17-12)9-2-1-3-10(6-9)15(18)19/h1-7H,8H2,(H,18,19). The molecule has 1 N–H and O–H groups in total. The molecule has 0 saturated carbocycles. The van der Waals surface area contributed by atoms with E-state index in [0.29, 0.717) is 22.7 Å². The number of carbonyl (C=O) groups is 1. The quantitative estimate of drug-likeness (QED) is 0.913. The number of ether oxygens (including phenoxy) is 1. The topological polar surface area (TPSA) is 58.9 Å². The maximum Gasteiger partial charge on any atom is 0.335 e. The van der Waals surface area contributed by atoms with Gasteiger partial charge in [-0.1, -0.05) is 12.1 Å². The van der Waals surface area contributed by atoms with Gasteiger partial charge in [-0.05, 0) is 24.3 Å². The molecule has 0 fully saturated rings. The molecule has 2 aromatic carbocycles. The van der Waals surface area contributed by atoms with Gasteiger partial charge in [0.1, 0.15) is 23.9 Å². The highest BCUT2D eigenvalue weighted by atomic mass is 19.1. The molecule has 0 spiro atoms. The van der Waals surface area contributed by atoms with Crippen molar-refractivity contribution in [1.29, 1.82) is 0 Å². The van der Waals surface area contributed by atoms with Crippen molar-refractivity contribution in [3.63, 3.8) is 0 Å². The van der Waals surface area contributed by atoms with Crippen LogP contribution in [0, 0.1) is 5.82 Å². The number of aliphatic imine (C=N–C) groups is 1. The first-order valence-corrected chi connectivity index (χ1v) is 5.97. The van der Waals surface area contributed by atoms with Gasteiger partial charge in [0.2, 0.25) is 0 Å². The number of benzene rings is 2. The molecule has 20 heavy (non-hydrogen) atoms. The Labute approximate surface area is 114 Å². The second-order valence-electron chi connectivity index (χ2n) is 4.35. The third-order valence-corrected chi connectivity index (χ3v) is 2.98. The number of hydrogen-bond donors (Lipinski definition) is 1. The van der Waals surface area contributed by atoms with E-state index < -0.39 is 5.97 Å². The monoisotopic (exact) mass is 271 g/mol. The molecule has 1 aliphatic heterocycles. The molecule has 2 aromatic rings. The van der Waals surface area contributed by atoms with E-state index in [0.717, 1.165) is 0 Å². The fraction of sp³-hybridized carbons (Fsp3) is 0.0667. The largest absolute Gasteiger partial charge is 0.485 e. The summed E-state index contributed by atoms with van der Waals surface area (Å²) in [6.07, 6.45) is 0. The third-order valence-electron chi connectivity index (χ3n) is 2.98. The second-order valence-corrected chi connectivity index (χ2v) is 4.35. The molecule has 0 radical (unpaired) electrons. The van der Waals surface area contributed by atoms with Crippen molar-refractivity contribution in [1.82, 2.24) is 0 Å². The summed E-state index contributed by atoms with van der Waals surface area (Å²) in [6, 6.07) is 10.6. The van der Waals surface area contributed by atoms with E-state index in [1.54, 1.807) is 18.2 Å². The van der Waals surface area contributed by atoms with Crippen molar-refractivity contribution >= 4 is 17.4 Å². The molecule has 0 aromatic heterocycles. The van der Waals surface area contributed by atoms with Crippen molar-refractivity contribution in [2.45, 2.75) is 0 Å². The molecule has 0 atom stereocenters. The number of carboxylic acid groups (broad SMARTS) is 1. The molecule has 1 heterocycles. The zero-order valence-corrected chi connectivity index (χ0v) is 10.3. The van der Waals surface area contributed by atoms with Crippen LogP contribution >= 0.6 is 0 Å². The minimum atomic E-state index is -0.994. The zero-order valence-electron chi connectivity index (χ0n) is 10.3. The van der Waals surface area contributed by atoms with Gasteiger partial charge in [-0.3, -0.25) is 0 Å². The molecule has 0 saturated heterocycles. The molecule has 0 unspecified atom stereocenters. The molecule has 0 amide bonds. The number of halogens is 1. The van der Waals surface area contributed by atoms with Crippen molar-refractivity contribution in [2.75, 3.05) is 6.61 Å². The summed E-state index contributed by atoms with van der Waals surface area (Å²) in [7, 11) is 0. The summed E-state index contributed by atoms with van der Waals surface area (Å²) in [4.78, 5) is 15.3. The van der Waals surface area contributed by atoms with Gasteiger partial charge < -0.3 is 9.84 Å². The smallest absolute Gasteiger partial charge is 0.335 e. The van der Waals surface area contributed by atoms with Crippen LogP contribution < -0.4 is 4.74 Å². The predicted molar refractivity (Wildman–Crippen MR) is 71.5 cm³/mol. The fourth-order valence-electron chi connectivity index (χ4n) is 2.00. The lowest BCUT2D eigenvalue weighted by atomic mass is 10.1. The number of aromatic carboxylic acids is 1. The number of hydrogen-bond acceptors (Lipinski definition) is 3. The van der Waals surface area contributed by atoms with Gasteiger partial charge >= 0.3 is 5.97 Å². The molecule has 100 valence electrons. The number of carboxylic acids is 1. The van der Waals surface area contributed by atoms with Gasteiger partial charge in [0, 0.05) is 11.6 Å². The molecular formula is C15H10FNO3. The van der Waals surface area contributed by atoms with Crippen LogP contribution in [0.25, 0.3) is 0 Å². The van der Waals surface area contributed by atoms with Crippen LogP contribution in [-0.4, -0.2) is 23.4 Å². The Morgan fingerprint density at radius 3 is 2.90 bits per heavy atom. The summed E-state index contributed by atoms with van der Waals surface area (Å²) in [5.74, 6) is -0.981. The molecule has 0 aliphatic carbocycles. The van der Waals surface area contributed by atoms with Gasteiger partial charge in [-0.25, -0.2) is 14.2 Å². The van der Waals surface area contributed by atoms with E-state index in [1.165, 1.54) is 24.3 Å². The Bertz CT molecular complexity index is 725. The van der Waals surface area contributed by atoms with Crippen molar-refractivity contribution < 1.29 is 19.0 Å². The van der Waals surface area contributed by atoms with E-state index >= 15 is 0 Å². The van der Waals surface area contributed by atoms with E-state index in [2.05, 4.69) is 4.99 Å². The van der Waals surface area contributed by atoms with E-state index in [1.807, 2.05) is 0 Å². The highest BCUT2D eigenvalue weighted by Crippen LogP contribution is 2.32. The van der Waals surface area contributed by atoms with Crippen LogP contribution in [0.1, 0.15) is 15.9 Å². The average molecular weight is 271 g/mol. The number of nitrogens with zero attached hydrogens (tertiary/aromatic N) is 1. The number of rotatable bonds is 2. The highest BCUT2D eigenvalue weighted by Gasteiger charge is 2.16. The fourth-order valence-corrected chi connectivity index (χ4v) is 2.00. The predicted octanol–water partition coefficient (Wildman–Crippen LogP) is 3.04. The lowest BCUT2D eigenvalue weighted by Crippen LogP contribution is -2.16. The van der Waals surface area contributed by atoms with Crippen LogP contribution in [-0.2, 0) is 0 Å². The Morgan fingerprint density at radius 2 is 2.10 bits per heavy atom. The molecular weight excluding hydrogens is 261 g/mol. The van der Waals surface area contributed by atoms with E-state index in [-0.39, 0.29) is 18.0 Å². The molecule has 4 nitrogen and oxygen atoms in total. The highest BCUT2D eigenvalue weighted by molar-refractivity contribution is 6.05. The Kier molecular flexibility index (Phi) is 2.95. The lowest BCUT2D eigenvalue weighted by molar-refractivity contribution is 0.0697. The first-order chi connectivity index (χ1) is 9.63. The van der Waals surface area contributed by atoms with Crippen LogP contribution in [0.2, 0.25) is 0 Å². The van der Waals surface area contributed by atoms with Gasteiger partial charge in [0.05, 0.1) is 11.3 Å². The minimum Gasteiger partial charge on any atom is -0.485 e. The molecule has 0 bridgehead atoms. The second kappa shape index (κ2) is 4.77. The van der Waals surface area contributed by atoms with Crippen LogP contribution in [0.3, 0.4) is 0 Å². The minimum absolute atomic E-state index is 0.180. The summed E-state index contributed by atoms with van der Waals surface area (Å²) >= 11 is 0. The van der Waals surface area contributed by atoms with Gasteiger partial charge in [0.25, 0.3) is 0 Å². The van der Waals surface area contributed by atoms with Crippen molar-refractivity contribution in [3.8, 4) is 5.75 Å². The maximum atomic E-state index is 13.1. The summed E-state index contributed by atoms with van der Waals surface area (Å²) < 4.78 is 18.5. The van der Waals surface area contributed by atoms with Crippen LogP contribution in [0.15, 0.2) is 47.5 Å². The summed E-state index contributed by atoms with van der Waals surface area (Å²) in [5.41, 5.74) is 2.02. The SMILES string of the molecule is O=C(O)c1cccc(C2=Nc3ccc(F)cc3OC2)c1. The maximum absolute atomic E-state index is 13.1. The zero-order chi connectivity index (χ0) is 14.1. The Balaban J connectivity index is 2.01. The Hall–Kier alpha value is -2.69. The van der Waals surface area contributed by atoms with Gasteiger partial charge in [-0.2, -0.15) is 0 Å². The summed E-state index contributed by atoms with van der Waals surface area (Å²) in [6.45, 7) is 0.180. The lowest BCUT2D eigenvalue weighted by Gasteiger charge is -2.17. The molecule has 1 aliphatic rings. The first-order valence-electron chi connectivity index (χ1n) is 5.97. The van der Waals surface area contributed by atoms with Gasteiger partial charge in [0.15, 0.2) is 0 Å². The van der Waals surface area contributed by atoms with Crippen molar-refractivity contribution in [3.05, 3.63) is 59.4 Å². The third kappa shape index (κ3) is 2.25. The number of fused-ring (bicyclic) bond motifs is 1. The summed E-state index contributed by atoms with van der Waals surface area (Å²) in [5, 5.41) is 8.98. The normalized spacial score (nSPS) is 13.2. The molecule has 5 heteroatoms. The average Bonchev–Trinajstić information content (AvgIpc) is 2.47. The van der Waals surface area contributed by atoms with E-state index in [4.69, 9.17) is 9.84 Å². The molecule has 3 rings (SSSR count). The van der Waals surface area contributed by atoms with Crippen molar-refractivity contribution in [2.24, 2.45) is 4.99 Å². The van der Waals surface area contributed by atoms with E-state index in [9.17, 15) is 9.18 Å². The van der Waals surface area contributed by atoms with Crippen LogP contribution in [0.5, 0.6) is 5.75 Å².